The van der Waals surface area contributed by atoms with Crippen LogP contribution in [0.2, 0.25) is 5.02 Å². The van der Waals surface area contributed by atoms with Gasteiger partial charge in [0.2, 0.25) is 0 Å². The van der Waals surface area contributed by atoms with Gasteiger partial charge in [-0.05, 0) is 54.4 Å². The maximum Gasteiger partial charge on any atom is 0.333 e. The van der Waals surface area contributed by atoms with E-state index in [4.69, 9.17) is 21.9 Å². The van der Waals surface area contributed by atoms with Gasteiger partial charge in [0, 0.05) is 51.1 Å². The second-order valence-electron chi connectivity index (χ2n) is 9.06. The highest BCUT2D eigenvalue weighted by Gasteiger charge is 2.36. The maximum absolute atomic E-state index is 13.4. The Morgan fingerprint density at radius 3 is 2.89 bits per heavy atom. The molecule has 0 amide bonds. The van der Waals surface area contributed by atoms with Crippen LogP contribution in [0.3, 0.4) is 0 Å². The Morgan fingerprint density at radius 1 is 1.26 bits per heavy atom. The topological polar surface area (TPSA) is 147 Å². The zero-order valence-electron chi connectivity index (χ0n) is 20.4. The maximum atomic E-state index is 13.4. The molecule has 5 rings (SSSR count). The minimum absolute atomic E-state index is 0.0392. The number of rotatable bonds is 7. The summed E-state index contributed by atoms with van der Waals surface area (Å²) in [6.45, 7) is 1.31. The Balaban J connectivity index is 1.44. The average molecular weight is 534 g/mol. The van der Waals surface area contributed by atoms with E-state index in [0.717, 1.165) is 32.4 Å². The highest BCUT2D eigenvalue weighted by Crippen LogP contribution is 2.30. The number of aliphatic hydroxyl groups excluding tert-OH is 1. The molecular formula is C26H24ClN7O4. The Labute approximate surface area is 221 Å². The summed E-state index contributed by atoms with van der Waals surface area (Å²) in [7, 11) is 0. The first-order chi connectivity index (χ1) is 18.4. The van der Waals surface area contributed by atoms with Crippen LogP contribution in [0.15, 0.2) is 75.6 Å². The van der Waals surface area contributed by atoms with Crippen molar-refractivity contribution in [3.8, 4) is 0 Å². The van der Waals surface area contributed by atoms with E-state index in [1.807, 2.05) is 36.4 Å². The summed E-state index contributed by atoms with van der Waals surface area (Å²) in [5.41, 5.74) is 11.3. The highest BCUT2D eigenvalue weighted by atomic mass is 35.5. The molecule has 0 saturated carbocycles. The van der Waals surface area contributed by atoms with Crippen LogP contribution in [0.1, 0.15) is 23.8 Å². The predicted molar refractivity (Wildman–Crippen MR) is 144 cm³/mol. The molecular weight excluding hydrogens is 510 g/mol. The van der Waals surface area contributed by atoms with Crippen molar-refractivity contribution in [3.63, 3.8) is 0 Å². The SMILES string of the molecule is Cc1cn([C@H]2CC(N=[N+]=[N-])[C@@H](CO)O2)c(=O)n(Cc2cccc(Nc3ccnc4cc(Cl)ccc34)c2)c1=O. The summed E-state index contributed by atoms with van der Waals surface area (Å²) in [5.74, 6) is 0. The third-order valence-electron chi connectivity index (χ3n) is 6.51. The van der Waals surface area contributed by atoms with Crippen LogP contribution >= 0.6 is 11.6 Å². The lowest BCUT2D eigenvalue weighted by atomic mass is 10.1. The van der Waals surface area contributed by atoms with E-state index in [-0.39, 0.29) is 19.6 Å². The summed E-state index contributed by atoms with van der Waals surface area (Å²) < 4.78 is 8.25. The number of nitrogens with zero attached hydrogens (tertiary/aromatic N) is 6. The van der Waals surface area contributed by atoms with Crippen molar-refractivity contribution >= 4 is 33.9 Å². The third-order valence-corrected chi connectivity index (χ3v) is 6.75. The fourth-order valence-electron chi connectivity index (χ4n) is 4.66. The molecule has 0 radical (unpaired) electrons. The molecule has 1 unspecified atom stereocenters. The lowest BCUT2D eigenvalue weighted by molar-refractivity contribution is -0.0277. The molecule has 0 aliphatic carbocycles. The second kappa shape index (κ2) is 10.7. The van der Waals surface area contributed by atoms with E-state index < -0.39 is 29.6 Å². The molecule has 2 aromatic carbocycles. The zero-order valence-corrected chi connectivity index (χ0v) is 21.1. The molecule has 0 bridgehead atoms. The van der Waals surface area contributed by atoms with E-state index in [0.29, 0.717) is 10.6 Å². The largest absolute Gasteiger partial charge is 0.394 e. The van der Waals surface area contributed by atoms with Crippen LogP contribution in [0, 0.1) is 6.92 Å². The van der Waals surface area contributed by atoms with Crippen molar-refractivity contribution in [3.05, 3.63) is 108 Å². The summed E-state index contributed by atoms with van der Waals surface area (Å²) in [4.78, 5) is 33.5. The number of hydrogen-bond donors (Lipinski definition) is 2. The van der Waals surface area contributed by atoms with Gasteiger partial charge in [-0.2, -0.15) is 0 Å². The molecule has 11 nitrogen and oxygen atoms in total. The Bertz CT molecular complexity index is 1680. The number of pyridine rings is 1. The molecule has 38 heavy (non-hydrogen) atoms. The van der Waals surface area contributed by atoms with Crippen molar-refractivity contribution in [1.82, 2.24) is 14.1 Å². The molecule has 0 spiro atoms. The number of nitrogens with one attached hydrogen (secondary N) is 1. The van der Waals surface area contributed by atoms with Crippen LogP contribution in [-0.2, 0) is 11.3 Å². The number of anilines is 2. The molecule has 12 heteroatoms. The van der Waals surface area contributed by atoms with Gasteiger partial charge in [-0.3, -0.25) is 18.9 Å². The first-order valence-corrected chi connectivity index (χ1v) is 12.3. The first-order valence-electron chi connectivity index (χ1n) is 11.9. The molecule has 3 heterocycles. The van der Waals surface area contributed by atoms with E-state index in [1.54, 1.807) is 25.3 Å². The quantitative estimate of drug-likeness (QED) is 0.206. The number of halogens is 1. The lowest BCUT2D eigenvalue weighted by Crippen LogP contribution is -2.42. The molecule has 1 aliphatic rings. The third kappa shape index (κ3) is 5.00. The van der Waals surface area contributed by atoms with Gasteiger partial charge >= 0.3 is 5.69 Å². The van der Waals surface area contributed by atoms with Gasteiger partial charge in [-0.25, -0.2) is 4.79 Å². The molecule has 1 aliphatic heterocycles. The van der Waals surface area contributed by atoms with Crippen LogP contribution in [-0.4, -0.2) is 38.0 Å². The Morgan fingerprint density at radius 2 is 2.11 bits per heavy atom. The van der Waals surface area contributed by atoms with E-state index >= 15 is 0 Å². The second-order valence-corrected chi connectivity index (χ2v) is 9.49. The first kappa shape index (κ1) is 25.5. The Kier molecular flexibility index (Phi) is 7.17. The van der Waals surface area contributed by atoms with Gasteiger partial charge < -0.3 is 15.2 Å². The number of benzene rings is 2. The number of aryl methyl sites for hydroxylation is 1. The lowest BCUT2D eigenvalue weighted by Gasteiger charge is -2.18. The number of hydrogen-bond acceptors (Lipinski definition) is 7. The normalized spacial score (nSPS) is 18.9. The average Bonchev–Trinajstić information content (AvgIpc) is 3.32. The van der Waals surface area contributed by atoms with Crippen molar-refractivity contribution in [2.75, 3.05) is 11.9 Å². The molecule has 2 aromatic heterocycles. The number of ether oxygens (including phenoxy) is 1. The molecule has 1 fully saturated rings. The summed E-state index contributed by atoms with van der Waals surface area (Å²) in [5, 5.41) is 18.1. The van der Waals surface area contributed by atoms with Gasteiger partial charge in [-0.15, -0.1) is 0 Å². The van der Waals surface area contributed by atoms with E-state index in [9.17, 15) is 14.7 Å². The van der Waals surface area contributed by atoms with Crippen LogP contribution in [0.4, 0.5) is 11.4 Å². The number of aromatic nitrogens is 3. The minimum atomic E-state index is -0.776. The summed E-state index contributed by atoms with van der Waals surface area (Å²) in [6, 6.07) is 14.2. The van der Waals surface area contributed by atoms with Gasteiger partial charge in [-0.1, -0.05) is 28.8 Å². The Hall–Kier alpha value is -4.15. The molecule has 3 atom stereocenters. The van der Waals surface area contributed by atoms with Gasteiger partial charge in [0.25, 0.3) is 5.56 Å². The van der Waals surface area contributed by atoms with E-state index in [2.05, 4.69) is 20.3 Å². The predicted octanol–water partition coefficient (Wildman–Crippen LogP) is 4.27. The van der Waals surface area contributed by atoms with Crippen molar-refractivity contribution in [2.24, 2.45) is 5.11 Å². The van der Waals surface area contributed by atoms with Gasteiger partial charge in [0.1, 0.15) is 6.23 Å². The standard InChI is InChI=1S/C26H24ClN7O4/c1-15-12-33(24-11-22(31-32-28)23(14-35)38-24)26(37)34(25(15)36)13-16-3-2-4-18(9-16)30-20-7-8-29-21-10-17(27)5-6-19(20)21/h2-10,12,22-24,35H,11,13-14H2,1H3,(H,29,30)/t22?,23-,24-/m1/s1. The van der Waals surface area contributed by atoms with Crippen molar-refractivity contribution in [1.29, 1.82) is 0 Å². The zero-order chi connectivity index (χ0) is 26.8. The highest BCUT2D eigenvalue weighted by molar-refractivity contribution is 6.31. The molecule has 1 saturated heterocycles. The summed E-state index contributed by atoms with van der Waals surface area (Å²) >= 11 is 6.10. The van der Waals surface area contributed by atoms with Crippen LogP contribution < -0.4 is 16.6 Å². The van der Waals surface area contributed by atoms with Crippen molar-refractivity contribution < 1.29 is 9.84 Å². The molecule has 2 N–H and O–H groups in total. The van der Waals surface area contributed by atoms with Gasteiger partial charge in [0.15, 0.2) is 0 Å². The van der Waals surface area contributed by atoms with E-state index in [1.165, 1.54) is 10.8 Å². The fraction of sp³-hybridized carbons (Fsp3) is 0.269. The number of aliphatic hydroxyl groups is 1. The van der Waals surface area contributed by atoms with Crippen LogP contribution in [0.25, 0.3) is 21.3 Å². The van der Waals surface area contributed by atoms with Gasteiger partial charge in [0.05, 0.1) is 30.8 Å². The molecule has 194 valence electrons. The smallest absolute Gasteiger partial charge is 0.333 e. The molecule has 4 aromatic rings. The van der Waals surface area contributed by atoms with Crippen molar-refractivity contribution in [2.45, 2.75) is 38.3 Å². The number of azide groups is 1. The minimum Gasteiger partial charge on any atom is -0.394 e. The number of fused-ring (bicyclic) bond motifs is 1. The summed E-state index contributed by atoms with van der Waals surface area (Å²) in [6.07, 6.45) is 1.83. The monoisotopic (exact) mass is 533 g/mol. The van der Waals surface area contributed by atoms with Crippen LogP contribution in [0.5, 0.6) is 0 Å². The fourth-order valence-corrected chi connectivity index (χ4v) is 4.82.